The highest BCUT2D eigenvalue weighted by Gasteiger charge is 2.20. The van der Waals surface area contributed by atoms with Gasteiger partial charge in [0.05, 0.1) is 6.54 Å². The third-order valence-corrected chi connectivity index (χ3v) is 2.22. The second-order valence-corrected chi connectivity index (χ2v) is 3.52. The molecule has 5 nitrogen and oxygen atoms in total. The first-order valence-electron chi connectivity index (χ1n) is 5.06. The molecule has 0 saturated carbocycles. The average molecular weight is 223 g/mol. The summed E-state index contributed by atoms with van der Waals surface area (Å²) in [5.74, 6) is 0.560. The summed E-state index contributed by atoms with van der Waals surface area (Å²) >= 11 is 0. The second kappa shape index (κ2) is 4.85. The molecule has 0 aromatic heterocycles. The van der Waals surface area contributed by atoms with Crippen molar-refractivity contribution in [2.45, 2.75) is 6.10 Å². The molecular weight excluding hydrogens is 210 g/mol. The van der Waals surface area contributed by atoms with Crippen molar-refractivity contribution in [3.63, 3.8) is 0 Å². The molecule has 0 unspecified atom stereocenters. The average Bonchev–Trinajstić information content (AvgIpc) is 2.28. The second-order valence-electron chi connectivity index (χ2n) is 3.52. The zero-order valence-electron chi connectivity index (χ0n) is 8.68. The smallest absolute Gasteiger partial charge is 0.317 e. The van der Waals surface area contributed by atoms with Gasteiger partial charge in [0.2, 0.25) is 0 Å². The molecule has 1 aliphatic rings. The third-order valence-electron chi connectivity index (χ3n) is 2.22. The molecule has 0 amide bonds. The Morgan fingerprint density at radius 2 is 2.19 bits per heavy atom. The molecular formula is C11H13NO4. The van der Waals surface area contributed by atoms with Crippen molar-refractivity contribution in [1.29, 1.82) is 0 Å². The van der Waals surface area contributed by atoms with Crippen molar-refractivity contribution in [2.24, 2.45) is 0 Å². The summed E-state index contributed by atoms with van der Waals surface area (Å²) in [5, 5.41) is 11.2. The van der Waals surface area contributed by atoms with E-state index in [1.165, 1.54) is 0 Å². The lowest BCUT2D eigenvalue weighted by atomic mass is 10.2. The Bertz CT molecular complexity index is 380. The number of rotatable bonds is 4. The number of hydrogen-bond acceptors (Lipinski definition) is 4. The fourth-order valence-electron chi connectivity index (χ4n) is 1.50. The summed E-state index contributed by atoms with van der Waals surface area (Å²) < 4.78 is 11.1. The number of benzene rings is 1. The molecule has 0 radical (unpaired) electrons. The molecule has 16 heavy (non-hydrogen) atoms. The Labute approximate surface area is 93.0 Å². The van der Waals surface area contributed by atoms with Gasteiger partial charge in [-0.3, -0.25) is 4.79 Å². The lowest BCUT2D eigenvalue weighted by molar-refractivity contribution is -0.136. The normalized spacial score (nSPS) is 18.1. The predicted molar refractivity (Wildman–Crippen MR) is 56.9 cm³/mol. The predicted octanol–water partition coefficient (Wildman–Crippen LogP) is 0.501. The Kier molecular flexibility index (Phi) is 3.26. The van der Waals surface area contributed by atoms with Crippen LogP contribution in [-0.4, -0.2) is 36.9 Å². The number of fused-ring (bicyclic) bond motifs is 1. The zero-order chi connectivity index (χ0) is 11.4. The number of carboxylic acid groups (broad SMARTS) is 1. The summed E-state index contributed by atoms with van der Waals surface area (Å²) in [7, 11) is 0. The van der Waals surface area contributed by atoms with E-state index in [9.17, 15) is 4.79 Å². The van der Waals surface area contributed by atoms with Gasteiger partial charge in [0, 0.05) is 6.54 Å². The Balaban J connectivity index is 1.86. The molecule has 1 heterocycles. The minimum atomic E-state index is -0.878. The molecule has 2 N–H and O–H groups in total. The number of aliphatic carboxylic acids is 1. The Morgan fingerprint density at radius 3 is 2.94 bits per heavy atom. The van der Waals surface area contributed by atoms with E-state index in [4.69, 9.17) is 14.6 Å². The molecule has 2 rings (SSSR count). The van der Waals surface area contributed by atoms with Gasteiger partial charge >= 0.3 is 5.97 Å². The van der Waals surface area contributed by atoms with E-state index < -0.39 is 5.97 Å². The molecule has 0 fully saturated rings. The van der Waals surface area contributed by atoms with Crippen LogP contribution in [0.3, 0.4) is 0 Å². The summed E-state index contributed by atoms with van der Waals surface area (Å²) in [6, 6.07) is 7.43. The lowest BCUT2D eigenvalue weighted by Crippen LogP contribution is -2.40. The number of para-hydroxylation sites is 2. The number of carbonyl (C=O) groups is 1. The first kappa shape index (κ1) is 10.8. The van der Waals surface area contributed by atoms with Gasteiger partial charge in [-0.15, -0.1) is 0 Å². The van der Waals surface area contributed by atoms with Crippen molar-refractivity contribution < 1.29 is 19.4 Å². The van der Waals surface area contributed by atoms with Crippen LogP contribution in [0.2, 0.25) is 0 Å². The van der Waals surface area contributed by atoms with Crippen LogP contribution in [-0.2, 0) is 4.79 Å². The molecule has 1 aliphatic heterocycles. The van der Waals surface area contributed by atoms with E-state index in [-0.39, 0.29) is 12.6 Å². The van der Waals surface area contributed by atoms with Crippen LogP contribution in [0.25, 0.3) is 0 Å². The fraction of sp³-hybridized carbons (Fsp3) is 0.364. The minimum absolute atomic E-state index is 0.0679. The van der Waals surface area contributed by atoms with E-state index in [2.05, 4.69) is 5.32 Å². The third kappa shape index (κ3) is 2.64. The highest BCUT2D eigenvalue weighted by Crippen LogP contribution is 2.30. The Morgan fingerprint density at radius 1 is 1.44 bits per heavy atom. The van der Waals surface area contributed by atoms with Gasteiger partial charge in [-0.1, -0.05) is 12.1 Å². The van der Waals surface area contributed by atoms with Crippen molar-refractivity contribution in [3.05, 3.63) is 24.3 Å². The summed E-state index contributed by atoms with van der Waals surface area (Å²) in [5.41, 5.74) is 0. The number of nitrogens with one attached hydrogen (secondary N) is 1. The van der Waals surface area contributed by atoms with Gasteiger partial charge in [0.15, 0.2) is 11.5 Å². The van der Waals surface area contributed by atoms with Gasteiger partial charge < -0.3 is 19.9 Å². The maximum Gasteiger partial charge on any atom is 0.317 e. The molecule has 1 aromatic rings. The minimum Gasteiger partial charge on any atom is -0.486 e. The molecule has 0 spiro atoms. The Hall–Kier alpha value is -1.75. The highest BCUT2D eigenvalue weighted by molar-refractivity contribution is 5.68. The van der Waals surface area contributed by atoms with Crippen LogP contribution in [0.5, 0.6) is 11.5 Å². The van der Waals surface area contributed by atoms with E-state index in [0.717, 1.165) is 5.75 Å². The van der Waals surface area contributed by atoms with Gasteiger partial charge in [-0.05, 0) is 12.1 Å². The van der Waals surface area contributed by atoms with Crippen LogP contribution in [0.1, 0.15) is 0 Å². The maximum atomic E-state index is 10.3. The topological polar surface area (TPSA) is 67.8 Å². The number of ether oxygens (including phenoxy) is 2. The van der Waals surface area contributed by atoms with Crippen LogP contribution >= 0.6 is 0 Å². The van der Waals surface area contributed by atoms with Crippen molar-refractivity contribution in [2.75, 3.05) is 19.7 Å². The fourth-order valence-corrected chi connectivity index (χ4v) is 1.50. The largest absolute Gasteiger partial charge is 0.486 e. The van der Waals surface area contributed by atoms with E-state index in [0.29, 0.717) is 18.9 Å². The summed E-state index contributed by atoms with van der Waals surface area (Å²) in [4.78, 5) is 10.3. The maximum absolute atomic E-state index is 10.3. The van der Waals surface area contributed by atoms with Crippen molar-refractivity contribution in [1.82, 2.24) is 5.32 Å². The molecule has 0 bridgehead atoms. The van der Waals surface area contributed by atoms with Gasteiger partial charge in [0.1, 0.15) is 12.7 Å². The molecule has 1 aromatic carbocycles. The van der Waals surface area contributed by atoms with Gasteiger partial charge in [0.25, 0.3) is 0 Å². The van der Waals surface area contributed by atoms with Crippen LogP contribution in [0.4, 0.5) is 0 Å². The molecule has 5 heteroatoms. The molecule has 0 aliphatic carbocycles. The first-order chi connectivity index (χ1) is 7.75. The summed E-state index contributed by atoms with van der Waals surface area (Å²) in [6.07, 6.45) is -0.144. The van der Waals surface area contributed by atoms with Crippen LogP contribution in [0.15, 0.2) is 24.3 Å². The SMILES string of the molecule is O=C(O)CNC[C@H]1COc2ccccc2O1. The molecule has 0 saturated heterocycles. The number of hydrogen-bond donors (Lipinski definition) is 2. The van der Waals surface area contributed by atoms with Crippen molar-refractivity contribution in [3.8, 4) is 11.5 Å². The monoisotopic (exact) mass is 223 g/mol. The highest BCUT2D eigenvalue weighted by atomic mass is 16.6. The van der Waals surface area contributed by atoms with Crippen LogP contribution < -0.4 is 14.8 Å². The zero-order valence-corrected chi connectivity index (χ0v) is 8.68. The van der Waals surface area contributed by atoms with E-state index in [1.807, 2.05) is 24.3 Å². The van der Waals surface area contributed by atoms with E-state index >= 15 is 0 Å². The lowest BCUT2D eigenvalue weighted by Gasteiger charge is -2.26. The summed E-state index contributed by atoms with van der Waals surface area (Å²) in [6.45, 7) is 0.825. The number of carboxylic acids is 1. The van der Waals surface area contributed by atoms with Crippen LogP contribution in [0, 0.1) is 0 Å². The molecule has 86 valence electrons. The van der Waals surface area contributed by atoms with Gasteiger partial charge in [-0.2, -0.15) is 0 Å². The quantitative estimate of drug-likeness (QED) is 0.778. The van der Waals surface area contributed by atoms with E-state index in [1.54, 1.807) is 0 Å². The first-order valence-corrected chi connectivity index (χ1v) is 5.06. The standard InChI is InChI=1S/C11H13NO4/c13-11(14)6-12-5-8-7-15-9-3-1-2-4-10(9)16-8/h1-4,8,12H,5-7H2,(H,13,14)/t8-/m0/s1. The van der Waals surface area contributed by atoms with Crippen molar-refractivity contribution >= 4 is 5.97 Å². The van der Waals surface area contributed by atoms with Gasteiger partial charge in [-0.25, -0.2) is 0 Å². The molecule has 1 atom stereocenters.